The Morgan fingerprint density at radius 3 is 1.45 bits per heavy atom. The molecular weight excluding hydrogens is 777 g/mol. The monoisotopic (exact) mass is 816 g/mol. The number of para-hydroxylation sites is 3. The van der Waals surface area contributed by atoms with E-state index in [1.54, 1.807) is 0 Å². The van der Waals surface area contributed by atoms with E-state index in [9.17, 15) is 0 Å². The van der Waals surface area contributed by atoms with Crippen LogP contribution in [0.5, 0.6) is 11.5 Å². The van der Waals surface area contributed by atoms with Crippen molar-refractivity contribution < 1.29 is 4.74 Å². The third-order valence-electron chi connectivity index (χ3n) is 13.4. The summed E-state index contributed by atoms with van der Waals surface area (Å²) in [6.45, 7) is 0. The van der Waals surface area contributed by atoms with Gasteiger partial charge in [0.15, 0.2) is 11.5 Å². The van der Waals surface area contributed by atoms with Crippen molar-refractivity contribution in [2.75, 3.05) is 9.80 Å². The molecule has 3 nitrogen and oxygen atoms in total. The van der Waals surface area contributed by atoms with Crippen LogP contribution in [0.4, 0.5) is 34.1 Å². The molecule has 2 heterocycles. The first-order chi connectivity index (χ1) is 31.7. The molecule has 1 aliphatic carbocycles. The van der Waals surface area contributed by atoms with Gasteiger partial charge in [0.05, 0.1) is 22.5 Å². The first-order valence-electron chi connectivity index (χ1n) is 22.0. The molecule has 2 aliphatic heterocycles. The molecule has 0 unspecified atom stereocenters. The van der Waals surface area contributed by atoms with Gasteiger partial charge in [-0.05, 0) is 133 Å². The molecule has 0 saturated carbocycles. The predicted molar refractivity (Wildman–Crippen MR) is 263 cm³/mol. The fourth-order valence-electron chi connectivity index (χ4n) is 10.7. The van der Waals surface area contributed by atoms with Crippen LogP contribution in [-0.4, -0.2) is 0 Å². The number of hydrogen-bond donors (Lipinski definition) is 0. The quantitative estimate of drug-likeness (QED) is 0.166. The molecule has 0 N–H and O–H groups in total. The van der Waals surface area contributed by atoms with E-state index < -0.39 is 5.41 Å². The van der Waals surface area contributed by atoms with Gasteiger partial charge in [-0.1, -0.05) is 176 Å². The maximum absolute atomic E-state index is 6.78. The van der Waals surface area contributed by atoms with E-state index in [0.717, 1.165) is 56.8 Å². The van der Waals surface area contributed by atoms with Gasteiger partial charge in [-0.25, -0.2) is 0 Å². The molecule has 0 fully saturated rings. The van der Waals surface area contributed by atoms with E-state index in [1.807, 2.05) is 0 Å². The molecule has 0 bridgehead atoms. The van der Waals surface area contributed by atoms with E-state index in [-0.39, 0.29) is 0 Å². The molecule has 0 atom stereocenters. The Hall–Kier alpha value is -8.40. The molecule has 10 aromatic rings. The standard InChI is InChI=1S/C61H40N2O/c1-4-17-41(18-5-1)44-31-33-47(34-32-44)62(49-38-45(42-19-6-2-7-20-42)37-46(39-49)43-21-8-3-9-22-43)48-35-36-56-55(40-48)61(52-25-12-10-23-50(52)51-24-11-13-26-53(51)61)54-27-16-30-59-60(54)63(56)57-28-14-15-29-58(57)64-59/h1-40H. The van der Waals surface area contributed by atoms with Gasteiger partial charge in [0, 0.05) is 17.1 Å². The highest BCUT2D eigenvalue weighted by Gasteiger charge is 2.53. The van der Waals surface area contributed by atoms with E-state index >= 15 is 0 Å². The highest BCUT2D eigenvalue weighted by Crippen LogP contribution is 2.67. The minimum Gasteiger partial charge on any atom is -0.453 e. The minimum absolute atomic E-state index is 0.639. The fraction of sp³-hybridized carbons (Fsp3) is 0.0164. The largest absolute Gasteiger partial charge is 0.453 e. The number of ether oxygens (including phenoxy) is 1. The Kier molecular flexibility index (Phi) is 8.13. The van der Waals surface area contributed by atoms with E-state index in [1.165, 1.54) is 55.6 Å². The number of hydrogen-bond acceptors (Lipinski definition) is 3. The second-order valence-corrected chi connectivity index (χ2v) is 16.8. The lowest BCUT2D eigenvalue weighted by Crippen LogP contribution is -2.37. The Morgan fingerprint density at radius 2 is 0.812 bits per heavy atom. The third kappa shape index (κ3) is 5.41. The van der Waals surface area contributed by atoms with Crippen LogP contribution in [0.25, 0.3) is 44.5 Å². The summed E-state index contributed by atoms with van der Waals surface area (Å²) in [5, 5.41) is 0. The van der Waals surface area contributed by atoms with Crippen molar-refractivity contribution in [3.8, 4) is 56.0 Å². The van der Waals surface area contributed by atoms with Crippen LogP contribution >= 0.6 is 0 Å². The lowest BCUT2D eigenvalue weighted by Gasteiger charge is -2.47. The van der Waals surface area contributed by atoms with Crippen molar-refractivity contribution in [2.45, 2.75) is 5.41 Å². The Morgan fingerprint density at radius 1 is 0.312 bits per heavy atom. The molecule has 0 saturated heterocycles. The summed E-state index contributed by atoms with van der Waals surface area (Å²) in [6, 6.07) is 88.4. The summed E-state index contributed by atoms with van der Waals surface area (Å²) >= 11 is 0. The highest BCUT2D eigenvalue weighted by atomic mass is 16.5. The van der Waals surface area contributed by atoms with Crippen molar-refractivity contribution in [1.29, 1.82) is 0 Å². The average Bonchev–Trinajstić information content (AvgIpc) is 3.66. The van der Waals surface area contributed by atoms with Crippen molar-refractivity contribution >= 4 is 34.1 Å². The van der Waals surface area contributed by atoms with E-state index in [0.29, 0.717) is 0 Å². The topological polar surface area (TPSA) is 15.7 Å². The number of rotatable bonds is 6. The van der Waals surface area contributed by atoms with E-state index in [4.69, 9.17) is 4.74 Å². The molecule has 3 heteroatoms. The summed E-state index contributed by atoms with van der Waals surface area (Å²) in [7, 11) is 0. The first kappa shape index (κ1) is 36.3. The molecule has 1 spiro atoms. The van der Waals surface area contributed by atoms with Gasteiger partial charge in [-0.15, -0.1) is 0 Å². The molecule has 3 aliphatic rings. The number of nitrogens with zero attached hydrogens (tertiary/aromatic N) is 2. The third-order valence-corrected chi connectivity index (χ3v) is 13.4. The first-order valence-corrected chi connectivity index (χ1v) is 22.0. The second-order valence-electron chi connectivity index (χ2n) is 16.8. The minimum atomic E-state index is -0.639. The summed E-state index contributed by atoms with van der Waals surface area (Å²) < 4.78 is 6.78. The van der Waals surface area contributed by atoms with Crippen LogP contribution in [0.2, 0.25) is 0 Å². The zero-order valence-corrected chi connectivity index (χ0v) is 34.9. The molecule has 64 heavy (non-hydrogen) atoms. The lowest BCUT2D eigenvalue weighted by molar-refractivity contribution is 0.473. The van der Waals surface area contributed by atoms with Gasteiger partial charge in [0.2, 0.25) is 0 Å². The summed E-state index contributed by atoms with van der Waals surface area (Å²) in [5.74, 6) is 1.70. The molecule has 13 rings (SSSR count). The fourth-order valence-corrected chi connectivity index (χ4v) is 10.7. The highest BCUT2D eigenvalue weighted by molar-refractivity contribution is 6.00. The smallest absolute Gasteiger partial charge is 0.151 e. The van der Waals surface area contributed by atoms with Gasteiger partial charge in [0.1, 0.15) is 0 Å². The maximum atomic E-state index is 6.78. The van der Waals surface area contributed by atoms with E-state index in [2.05, 4.69) is 252 Å². The van der Waals surface area contributed by atoms with Crippen molar-refractivity contribution in [3.05, 3.63) is 265 Å². The summed E-state index contributed by atoms with van der Waals surface area (Å²) in [4.78, 5) is 4.90. The van der Waals surface area contributed by atoms with Crippen LogP contribution in [0.3, 0.4) is 0 Å². The Bertz CT molecular complexity index is 3310. The molecule has 10 aromatic carbocycles. The van der Waals surface area contributed by atoms with Gasteiger partial charge in [-0.3, -0.25) is 0 Å². The molecule has 0 amide bonds. The predicted octanol–water partition coefficient (Wildman–Crippen LogP) is 16.4. The zero-order valence-electron chi connectivity index (χ0n) is 34.9. The van der Waals surface area contributed by atoms with Gasteiger partial charge in [0.25, 0.3) is 0 Å². The molecule has 0 aromatic heterocycles. The van der Waals surface area contributed by atoms with Gasteiger partial charge < -0.3 is 14.5 Å². The van der Waals surface area contributed by atoms with Crippen LogP contribution in [0.1, 0.15) is 22.3 Å². The summed E-state index contributed by atoms with van der Waals surface area (Å²) in [6.07, 6.45) is 0. The maximum Gasteiger partial charge on any atom is 0.151 e. The zero-order chi connectivity index (χ0) is 42.2. The number of benzene rings is 10. The molecule has 300 valence electrons. The van der Waals surface area contributed by atoms with Crippen molar-refractivity contribution in [1.82, 2.24) is 0 Å². The summed E-state index contributed by atoms with van der Waals surface area (Å²) in [5.41, 5.74) is 20.3. The SMILES string of the molecule is c1ccc(-c2ccc(N(c3cc(-c4ccccc4)cc(-c4ccccc4)c3)c3ccc4c(c3)C3(c5ccccc5-c5ccccc53)c3cccc5c3N4c3ccccc3O5)cc2)cc1. The van der Waals surface area contributed by atoms with Crippen LogP contribution < -0.4 is 14.5 Å². The molecular formula is C61H40N2O. The molecule has 0 radical (unpaired) electrons. The van der Waals surface area contributed by atoms with Crippen molar-refractivity contribution in [3.63, 3.8) is 0 Å². The normalized spacial score (nSPS) is 13.2. The van der Waals surface area contributed by atoms with Crippen LogP contribution in [0.15, 0.2) is 243 Å². The average molecular weight is 817 g/mol. The number of anilines is 6. The van der Waals surface area contributed by atoms with Gasteiger partial charge >= 0.3 is 0 Å². The lowest BCUT2D eigenvalue weighted by atomic mass is 9.64. The second kappa shape index (κ2) is 14.3. The number of fused-ring (bicyclic) bond motifs is 11. The van der Waals surface area contributed by atoms with Crippen molar-refractivity contribution in [2.24, 2.45) is 0 Å². The van der Waals surface area contributed by atoms with Crippen LogP contribution in [-0.2, 0) is 5.41 Å². The van der Waals surface area contributed by atoms with Crippen LogP contribution in [0, 0.1) is 0 Å². The Balaban J connectivity index is 1.11. The Labute approximate surface area is 373 Å². The van der Waals surface area contributed by atoms with Gasteiger partial charge in [-0.2, -0.15) is 0 Å².